The lowest BCUT2D eigenvalue weighted by Gasteiger charge is -2.02. The third-order valence-electron chi connectivity index (χ3n) is 2.42. The fourth-order valence-electron chi connectivity index (χ4n) is 1.44. The molecule has 0 aliphatic rings. The van der Waals surface area contributed by atoms with Gasteiger partial charge in [0.15, 0.2) is 0 Å². The van der Waals surface area contributed by atoms with Crippen molar-refractivity contribution >= 4 is 0 Å². The van der Waals surface area contributed by atoms with Gasteiger partial charge in [0, 0.05) is 25.2 Å². The summed E-state index contributed by atoms with van der Waals surface area (Å²) < 4.78 is 10.9. The van der Waals surface area contributed by atoms with Crippen LogP contribution in [0.4, 0.5) is 0 Å². The molecule has 1 unspecified atom stereocenters. The first-order valence-corrected chi connectivity index (χ1v) is 5.68. The lowest BCUT2D eigenvalue weighted by Crippen LogP contribution is -1.99. The average molecular weight is 236 g/mol. The fraction of sp³-hybridized carbons (Fsp3) is 0.636. The van der Waals surface area contributed by atoms with E-state index in [1.165, 1.54) is 0 Å². The second kappa shape index (κ2) is 4.65. The second-order valence-electron chi connectivity index (χ2n) is 4.45. The monoisotopic (exact) mass is 236 g/mol. The third kappa shape index (κ3) is 2.69. The smallest absolute Gasteiger partial charge is 0.219 e. The van der Waals surface area contributed by atoms with E-state index >= 15 is 0 Å². The molecular formula is C11H16N4O2. The van der Waals surface area contributed by atoms with Crippen LogP contribution in [0.2, 0.25) is 0 Å². The Hall–Kier alpha value is -1.72. The first-order valence-electron chi connectivity index (χ1n) is 5.68. The predicted molar refractivity (Wildman–Crippen MR) is 59.5 cm³/mol. The molecular weight excluding hydrogens is 220 g/mol. The maximum absolute atomic E-state index is 5.53. The molecule has 92 valence electrons. The summed E-state index contributed by atoms with van der Waals surface area (Å²) in [4.78, 5) is 0. The summed E-state index contributed by atoms with van der Waals surface area (Å²) in [7, 11) is 0. The van der Waals surface area contributed by atoms with E-state index in [-0.39, 0.29) is 11.8 Å². The topological polar surface area (TPSA) is 77.8 Å². The maximum atomic E-state index is 5.53. The van der Waals surface area contributed by atoms with Crippen LogP contribution in [0, 0.1) is 6.92 Å². The Kier molecular flexibility index (Phi) is 3.21. The van der Waals surface area contributed by atoms with Crippen LogP contribution in [-0.2, 0) is 6.42 Å². The van der Waals surface area contributed by atoms with Crippen LogP contribution in [0.1, 0.15) is 56.2 Å². The zero-order valence-corrected chi connectivity index (χ0v) is 10.5. The van der Waals surface area contributed by atoms with Gasteiger partial charge in [-0.1, -0.05) is 20.8 Å². The van der Waals surface area contributed by atoms with Gasteiger partial charge in [0.1, 0.15) is 0 Å². The number of rotatable bonds is 4. The standard InChI is InChI=1S/C11H16N4O2/c1-6(2)10-14-13-9(17-10)5-7(3)11-15-12-8(4)16-11/h6-7H,5H2,1-4H3. The normalized spacial score (nSPS) is 13.2. The molecule has 2 aromatic rings. The summed E-state index contributed by atoms with van der Waals surface area (Å²) in [5.74, 6) is 2.77. The Balaban J connectivity index is 2.05. The lowest BCUT2D eigenvalue weighted by molar-refractivity contribution is 0.392. The van der Waals surface area contributed by atoms with Gasteiger partial charge in [0.2, 0.25) is 23.6 Å². The van der Waals surface area contributed by atoms with Gasteiger partial charge in [0.05, 0.1) is 0 Å². The van der Waals surface area contributed by atoms with Crippen molar-refractivity contribution in [3.8, 4) is 0 Å². The molecule has 2 aromatic heterocycles. The largest absolute Gasteiger partial charge is 0.425 e. The second-order valence-corrected chi connectivity index (χ2v) is 4.45. The summed E-state index contributed by atoms with van der Waals surface area (Å²) in [5.41, 5.74) is 0. The van der Waals surface area contributed by atoms with E-state index in [1.807, 2.05) is 20.8 Å². The van der Waals surface area contributed by atoms with Gasteiger partial charge in [-0.15, -0.1) is 20.4 Å². The van der Waals surface area contributed by atoms with Crippen molar-refractivity contribution in [1.82, 2.24) is 20.4 Å². The van der Waals surface area contributed by atoms with Crippen molar-refractivity contribution in [1.29, 1.82) is 0 Å². The van der Waals surface area contributed by atoms with Gasteiger partial charge < -0.3 is 8.83 Å². The highest BCUT2D eigenvalue weighted by Crippen LogP contribution is 2.20. The number of nitrogens with zero attached hydrogens (tertiary/aromatic N) is 4. The van der Waals surface area contributed by atoms with Crippen LogP contribution in [0.5, 0.6) is 0 Å². The number of aryl methyl sites for hydroxylation is 1. The van der Waals surface area contributed by atoms with Crippen LogP contribution in [0.15, 0.2) is 8.83 Å². The fourth-order valence-corrected chi connectivity index (χ4v) is 1.44. The molecule has 2 rings (SSSR count). The molecule has 6 nitrogen and oxygen atoms in total. The minimum atomic E-state index is 0.0802. The molecule has 0 saturated heterocycles. The molecule has 0 aliphatic heterocycles. The minimum absolute atomic E-state index is 0.0802. The van der Waals surface area contributed by atoms with Crippen LogP contribution in [0.3, 0.4) is 0 Å². The Morgan fingerprint density at radius 1 is 0.941 bits per heavy atom. The molecule has 2 heterocycles. The van der Waals surface area contributed by atoms with Gasteiger partial charge >= 0.3 is 0 Å². The summed E-state index contributed by atoms with van der Waals surface area (Å²) in [6, 6.07) is 0. The van der Waals surface area contributed by atoms with Crippen molar-refractivity contribution in [2.45, 2.75) is 46.0 Å². The molecule has 0 aliphatic carbocycles. The molecule has 6 heteroatoms. The highest BCUT2D eigenvalue weighted by molar-refractivity contribution is 4.95. The molecule has 0 aromatic carbocycles. The molecule has 17 heavy (non-hydrogen) atoms. The van der Waals surface area contributed by atoms with Gasteiger partial charge in [-0.3, -0.25) is 0 Å². The number of aromatic nitrogens is 4. The highest BCUT2D eigenvalue weighted by Gasteiger charge is 2.17. The SMILES string of the molecule is Cc1nnc(C(C)Cc2nnc(C(C)C)o2)o1. The van der Waals surface area contributed by atoms with Crippen molar-refractivity contribution in [2.75, 3.05) is 0 Å². The van der Waals surface area contributed by atoms with E-state index in [1.54, 1.807) is 6.92 Å². The Labute approximate surface area is 99.4 Å². The molecule has 0 amide bonds. The van der Waals surface area contributed by atoms with E-state index < -0.39 is 0 Å². The first-order chi connectivity index (χ1) is 8.06. The van der Waals surface area contributed by atoms with Gasteiger partial charge in [-0.2, -0.15) is 0 Å². The predicted octanol–water partition coefficient (Wildman–Crippen LogP) is 2.23. The van der Waals surface area contributed by atoms with Crippen molar-refractivity contribution < 1.29 is 8.83 Å². The third-order valence-corrected chi connectivity index (χ3v) is 2.42. The van der Waals surface area contributed by atoms with Crippen LogP contribution >= 0.6 is 0 Å². The molecule has 0 radical (unpaired) electrons. The molecule has 0 saturated carbocycles. The Morgan fingerprint density at radius 3 is 2.18 bits per heavy atom. The molecule has 0 bridgehead atoms. The van der Waals surface area contributed by atoms with E-state index in [0.717, 1.165) is 0 Å². The average Bonchev–Trinajstić information content (AvgIpc) is 2.86. The molecule has 1 atom stereocenters. The maximum Gasteiger partial charge on any atom is 0.219 e. The Morgan fingerprint density at radius 2 is 1.65 bits per heavy atom. The number of hydrogen-bond donors (Lipinski definition) is 0. The lowest BCUT2D eigenvalue weighted by atomic mass is 10.1. The van der Waals surface area contributed by atoms with Crippen LogP contribution in [-0.4, -0.2) is 20.4 Å². The van der Waals surface area contributed by atoms with E-state index in [4.69, 9.17) is 8.83 Å². The van der Waals surface area contributed by atoms with Crippen molar-refractivity contribution in [2.24, 2.45) is 0 Å². The van der Waals surface area contributed by atoms with Gasteiger partial charge in [-0.05, 0) is 0 Å². The minimum Gasteiger partial charge on any atom is -0.425 e. The Bertz CT molecular complexity index is 489. The summed E-state index contributed by atoms with van der Waals surface area (Å²) >= 11 is 0. The van der Waals surface area contributed by atoms with Crippen LogP contribution < -0.4 is 0 Å². The van der Waals surface area contributed by atoms with E-state index in [2.05, 4.69) is 20.4 Å². The first kappa shape index (κ1) is 11.8. The molecule has 0 spiro atoms. The zero-order valence-electron chi connectivity index (χ0n) is 10.5. The summed E-state index contributed by atoms with van der Waals surface area (Å²) in [6.45, 7) is 7.79. The summed E-state index contributed by atoms with van der Waals surface area (Å²) in [5, 5.41) is 15.8. The van der Waals surface area contributed by atoms with Gasteiger partial charge in [0.25, 0.3) is 0 Å². The highest BCUT2D eigenvalue weighted by atomic mass is 16.4. The van der Waals surface area contributed by atoms with Crippen LogP contribution in [0.25, 0.3) is 0 Å². The quantitative estimate of drug-likeness (QED) is 0.810. The zero-order chi connectivity index (χ0) is 12.4. The van der Waals surface area contributed by atoms with E-state index in [9.17, 15) is 0 Å². The van der Waals surface area contributed by atoms with Gasteiger partial charge in [-0.25, -0.2) is 0 Å². The van der Waals surface area contributed by atoms with Crippen molar-refractivity contribution in [3.05, 3.63) is 23.6 Å². The summed E-state index contributed by atoms with van der Waals surface area (Å²) in [6.07, 6.45) is 0.612. The number of hydrogen-bond acceptors (Lipinski definition) is 6. The molecule has 0 fully saturated rings. The van der Waals surface area contributed by atoms with Crippen molar-refractivity contribution in [3.63, 3.8) is 0 Å². The van der Waals surface area contributed by atoms with E-state index in [0.29, 0.717) is 30.0 Å². The molecule has 0 N–H and O–H groups in total.